The van der Waals surface area contributed by atoms with Crippen molar-refractivity contribution in [3.05, 3.63) is 34.9 Å². The molecule has 0 aliphatic rings. The summed E-state index contributed by atoms with van der Waals surface area (Å²) in [5.41, 5.74) is 0.501. The topological polar surface area (TPSA) is 46.2 Å². The van der Waals surface area contributed by atoms with Crippen LogP contribution in [-0.4, -0.2) is 18.2 Å². The normalized spacial score (nSPS) is 10.2. The molecular weight excluding hydrogens is 226 g/mol. The van der Waals surface area contributed by atoms with Crippen LogP contribution in [-0.2, 0) is 4.79 Å². The highest BCUT2D eigenvalue weighted by Crippen LogP contribution is 2.09. The van der Waals surface area contributed by atoms with E-state index in [1.807, 2.05) is 0 Å². The Morgan fingerprint density at radius 1 is 1.25 bits per heavy atom. The molecule has 16 heavy (non-hydrogen) atoms. The summed E-state index contributed by atoms with van der Waals surface area (Å²) in [5, 5.41) is 3.15. The van der Waals surface area contributed by atoms with E-state index in [1.165, 1.54) is 0 Å². The van der Waals surface area contributed by atoms with Gasteiger partial charge in [0.2, 0.25) is 0 Å². The third-order valence-electron chi connectivity index (χ3n) is 2.17. The van der Waals surface area contributed by atoms with Crippen molar-refractivity contribution in [2.24, 2.45) is 5.92 Å². The van der Waals surface area contributed by atoms with E-state index in [2.05, 4.69) is 5.32 Å². The highest BCUT2D eigenvalue weighted by atomic mass is 35.5. The van der Waals surface area contributed by atoms with Crippen LogP contribution in [0.4, 0.5) is 0 Å². The maximum Gasteiger partial charge on any atom is 0.251 e. The lowest BCUT2D eigenvalue weighted by Crippen LogP contribution is -2.31. The lowest BCUT2D eigenvalue weighted by molar-refractivity contribution is -0.120. The number of rotatable bonds is 4. The van der Waals surface area contributed by atoms with Crippen molar-refractivity contribution in [1.82, 2.24) is 5.32 Å². The molecule has 0 saturated carbocycles. The minimum atomic E-state index is -0.259. The van der Waals surface area contributed by atoms with Crippen LogP contribution in [0.25, 0.3) is 0 Å². The summed E-state index contributed by atoms with van der Waals surface area (Å²) >= 11 is 5.70. The molecule has 0 aliphatic heterocycles. The first-order valence-electron chi connectivity index (χ1n) is 5.07. The minimum Gasteiger partial charge on any atom is -0.345 e. The average molecular weight is 240 g/mol. The SMILES string of the molecule is CC(C)C(=O)CNC(=O)c1ccc(Cl)cc1. The number of hydrogen-bond donors (Lipinski definition) is 1. The molecule has 1 aromatic carbocycles. The first-order chi connectivity index (χ1) is 7.50. The predicted octanol–water partition coefficient (Wildman–Crippen LogP) is 2.29. The van der Waals surface area contributed by atoms with E-state index in [9.17, 15) is 9.59 Å². The molecule has 1 amide bonds. The molecule has 86 valence electrons. The monoisotopic (exact) mass is 239 g/mol. The van der Waals surface area contributed by atoms with Crippen molar-refractivity contribution in [2.45, 2.75) is 13.8 Å². The fraction of sp³-hybridized carbons (Fsp3) is 0.333. The minimum absolute atomic E-state index is 0.0160. The maximum absolute atomic E-state index is 11.6. The van der Waals surface area contributed by atoms with Gasteiger partial charge in [0.15, 0.2) is 5.78 Å². The summed E-state index contributed by atoms with van der Waals surface area (Å²) < 4.78 is 0. The lowest BCUT2D eigenvalue weighted by Gasteiger charge is -2.06. The van der Waals surface area contributed by atoms with Crippen molar-refractivity contribution in [1.29, 1.82) is 0 Å². The van der Waals surface area contributed by atoms with Gasteiger partial charge in [-0.25, -0.2) is 0 Å². The second kappa shape index (κ2) is 5.66. The van der Waals surface area contributed by atoms with E-state index >= 15 is 0 Å². The second-order valence-electron chi connectivity index (χ2n) is 3.81. The Labute approximate surface area is 99.8 Å². The zero-order chi connectivity index (χ0) is 12.1. The van der Waals surface area contributed by atoms with E-state index in [1.54, 1.807) is 38.1 Å². The molecule has 0 bridgehead atoms. The Bertz CT molecular complexity index is 385. The Hall–Kier alpha value is -1.35. The van der Waals surface area contributed by atoms with Gasteiger partial charge < -0.3 is 5.32 Å². The number of benzene rings is 1. The summed E-state index contributed by atoms with van der Waals surface area (Å²) in [7, 11) is 0. The standard InChI is InChI=1S/C12H14ClNO2/c1-8(2)11(15)7-14-12(16)9-3-5-10(13)6-4-9/h3-6,8H,7H2,1-2H3,(H,14,16). The molecule has 0 radical (unpaired) electrons. The zero-order valence-electron chi connectivity index (χ0n) is 9.29. The third-order valence-corrected chi connectivity index (χ3v) is 2.43. The number of hydrogen-bond acceptors (Lipinski definition) is 2. The maximum atomic E-state index is 11.6. The molecular formula is C12H14ClNO2. The molecule has 0 aliphatic carbocycles. The van der Waals surface area contributed by atoms with Crippen LogP contribution < -0.4 is 5.32 Å². The molecule has 0 saturated heterocycles. The van der Waals surface area contributed by atoms with Gasteiger partial charge in [0.05, 0.1) is 6.54 Å². The van der Waals surface area contributed by atoms with Gasteiger partial charge in [0, 0.05) is 16.5 Å². The summed E-state index contributed by atoms with van der Waals surface area (Å²) in [5.74, 6) is -0.307. The highest BCUT2D eigenvalue weighted by Gasteiger charge is 2.10. The number of carbonyl (C=O) groups excluding carboxylic acids is 2. The van der Waals surface area contributed by atoms with Crippen LogP contribution in [0.15, 0.2) is 24.3 Å². The molecule has 4 heteroatoms. The zero-order valence-corrected chi connectivity index (χ0v) is 10.0. The third kappa shape index (κ3) is 3.66. The quantitative estimate of drug-likeness (QED) is 0.876. The van der Waals surface area contributed by atoms with Crippen molar-refractivity contribution in [2.75, 3.05) is 6.54 Å². The second-order valence-corrected chi connectivity index (χ2v) is 4.25. The molecule has 0 aromatic heterocycles. The Kier molecular flexibility index (Phi) is 4.50. The van der Waals surface area contributed by atoms with Crippen LogP contribution in [0.5, 0.6) is 0 Å². The van der Waals surface area contributed by atoms with E-state index in [-0.39, 0.29) is 24.2 Å². The Balaban J connectivity index is 2.53. The van der Waals surface area contributed by atoms with Gasteiger partial charge in [-0.3, -0.25) is 9.59 Å². The number of carbonyl (C=O) groups is 2. The van der Waals surface area contributed by atoms with Crippen molar-refractivity contribution < 1.29 is 9.59 Å². The van der Waals surface area contributed by atoms with Gasteiger partial charge in [-0.15, -0.1) is 0 Å². The van der Waals surface area contributed by atoms with Crippen LogP contribution in [0.2, 0.25) is 5.02 Å². The smallest absolute Gasteiger partial charge is 0.251 e. The van der Waals surface area contributed by atoms with Crippen LogP contribution in [0.1, 0.15) is 24.2 Å². The van der Waals surface area contributed by atoms with Crippen molar-refractivity contribution in [3.8, 4) is 0 Å². The highest BCUT2D eigenvalue weighted by molar-refractivity contribution is 6.30. The van der Waals surface area contributed by atoms with Crippen LogP contribution in [0.3, 0.4) is 0 Å². The van der Waals surface area contributed by atoms with Gasteiger partial charge in [-0.05, 0) is 24.3 Å². The fourth-order valence-electron chi connectivity index (χ4n) is 1.07. The first kappa shape index (κ1) is 12.7. The molecule has 0 spiro atoms. The van der Waals surface area contributed by atoms with E-state index in [0.29, 0.717) is 10.6 Å². The van der Waals surface area contributed by atoms with Crippen molar-refractivity contribution >= 4 is 23.3 Å². The summed E-state index contributed by atoms with van der Waals surface area (Å²) in [6.07, 6.45) is 0. The van der Waals surface area contributed by atoms with Gasteiger partial charge >= 0.3 is 0 Å². The Morgan fingerprint density at radius 3 is 2.31 bits per heavy atom. The van der Waals surface area contributed by atoms with Crippen LogP contribution in [0, 0.1) is 5.92 Å². The molecule has 0 unspecified atom stereocenters. The molecule has 1 N–H and O–H groups in total. The average Bonchev–Trinajstić information content (AvgIpc) is 2.26. The van der Waals surface area contributed by atoms with Gasteiger partial charge in [0.1, 0.15) is 0 Å². The number of amides is 1. The lowest BCUT2D eigenvalue weighted by atomic mass is 10.1. The van der Waals surface area contributed by atoms with E-state index in [0.717, 1.165) is 0 Å². The van der Waals surface area contributed by atoms with Gasteiger partial charge in [-0.2, -0.15) is 0 Å². The largest absolute Gasteiger partial charge is 0.345 e. The van der Waals surface area contributed by atoms with Gasteiger partial charge in [-0.1, -0.05) is 25.4 Å². The van der Waals surface area contributed by atoms with E-state index in [4.69, 9.17) is 11.6 Å². The molecule has 0 atom stereocenters. The molecule has 0 fully saturated rings. The number of nitrogens with one attached hydrogen (secondary N) is 1. The van der Waals surface area contributed by atoms with Crippen molar-refractivity contribution in [3.63, 3.8) is 0 Å². The molecule has 1 aromatic rings. The summed E-state index contributed by atoms with van der Waals surface area (Å²) in [4.78, 5) is 22.9. The molecule has 3 nitrogen and oxygen atoms in total. The predicted molar refractivity (Wildman–Crippen MR) is 63.6 cm³/mol. The van der Waals surface area contributed by atoms with E-state index < -0.39 is 0 Å². The first-order valence-corrected chi connectivity index (χ1v) is 5.45. The fourth-order valence-corrected chi connectivity index (χ4v) is 1.20. The number of ketones is 1. The van der Waals surface area contributed by atoms with Gasteiger partial charge in [0.25, 0.3) is 5.91 Å². The number of halogens is 1. The molecule has 1 rings (SSSR count). The number of Topliss-reactive ketones (excluding diaryl/α,β-unsaturated/α-hetero) is 1. The summed E-state index contributed by atoms with van der Waals surface area (Å²) in [6.45, 7) is 3.67. The van der Waals surface area contributed by atoms with Crippen LogP contribution >= 0.6 is 11.6 Å². The Morgan fingerprint density at radius 2 is 1.81 bits per heavy atom. The summed E-state index contributed by atoms with van der Waals surface area (Å²) in [6, 6.07) is 6.52. The molecule has 0 heterocycles.